The zero-order valence-corrected chi connectivity index (χ0v) is 9.09. The number of rotatable bonds is 4. The lowest BCUT2D eigenvalue weighted by atomic mass is 9.82. The molecule has 0 radical (unpaired) electrons. The quantitative estimate of drug-likeness (QED) is 0.649. The largest absolute Gasteiger partial charge is 0.371 e. The maximum atomic E-state index is 5.58. The van der Waals surface area contributed by atoms with Crippen molar-refractivity contribution in [3.05, 3.63) is 0 Å². The van der Waals surface area contributed by atoms with Gasteiger partial charge in [0.05, 0.1) is 47.6 Å². The summed E-state index contributed by atoms with van der Waals surface area (Å²) >= 11 is 2.08. The minimum atomic E-state index is 0.238. The molecule has 5 rings (SSSR count). The molecular formula is C10H13NO3S. The van der Waals surface area contributed by atoms with E-state index in [1.54, 1.807) is 0 Å². The first-order valence-electron chi connectivity index (χ1n) is 5.66. The highest BCUT2D eigenvalue weighted by atomic mass is 32.2. The van der Waals surface area contributed by atoms with Crippen molar-refractivity contribution in [3.8, 4) is 0 Å². The Morgan fingerprint density at radius 1 is 0.933 bits per heavy atom. The highest BCUT2D eigenvalue weighted by molar-refractivity contribution is 8.10. The number of nitrogens with one attached hydrogen (secondary N) is 1. The summed E-state index contributed by atoms with van der Waals surface area (Å²) in [7, 11) is 0. The fraction of sp³-hybridized carbons (Fsp3) is 1.00. The van der Waals surface area contributed by atoms with E-state index in [1.165, 1.54) is 0 Å². The average Bonchev–Trinajstić information content (AvgIpc) is 3.11. The lowest BCUT2D eigenvalue weighted by Crippen LogP contribution is -2.44. The van der Waals surface area contributed by atoms with E-state index in [0.29, 0.717) is 24.4 Å². The Balaban J connectivity index is 1.57. The van der Waals surface area contributed by atoms with Crippen molar-refractivity contribution in [2.75, 3.05) is 26.4 Å². The summed E-state index contributed by atoms with van der Waals surface area (Å²) in [5.41, 5.74) is 0. The van der Waals surface area contributed by atoms with E-state index in [1.807, 2.05) is 0 Å². The molecule has 0 saturated carbocycles. The van der Waals surface area contributed by atoms with E-state index in [4.69, 9.17) is 14.2 Å². The first-order valence-corrected chi connectivity index (χ1v) is 6.48. The highest BCUT2D eigenvalue weighted by Crippen LogP contribution is 2.77. The maximum Gasteiger partial charge on any atom is 0.0997 e. The van der Waals surface area contributed by atoms with E-state index in [0.717, 1.165) is 26.4 Å². The van der Waals surface area contributed by atoms with E-state index in [9.17, 15) is 0 Å². The van der Waals surface area contributed by atoms with E-state index < -0.39 is 0 Å². The third-order valence-corrected chi connectivity index (χ3v) is 6.49. The minimum Gasteiger partial charge on any atom is -0.371 e. The Morgan fingerprint density at radius 2 is 1.40 bits per heavy atom. The van der Waals surface area contributed by atoms with Crippen LogP contribution in [0.1, 0.15) is 0 Å². The third-order valence-electron chi connectivity index (χ3n) is 4.27. The van der Waals surface area contributed by atoms with Crippen LogP contribution in [0.25, 0.3) is 0 Å². The molecule has 0 aliphatic carbocycles. The first-order chi connectivity index (χ1) is 7.38. The number of hydrogen-bond acceptors (Lipinski definition) is 5. The van der Waals surface area contributed by atoms with Gasteiger partial charge in [0.1, 0.15) is 0 Å². The van der Waals surface area contributed by atoms with Gasteiger partial charge < -0.3 is 19.5 Å². The van der Waals surface area contributed by atoms with Crippen molar-refractivity contribution < 1.29 is 14.2 Å². The predicted molar refractivity (Wildman–Crippen MR) is 54.1 cm³/mol. The van der Waals surface area contributed by atoms with Gasteiger partial charge in [-0.3, -0.25) is 0 Å². The second kappa shape index (κ2) is 2.24. The van der Waals surface area contributed by atoms with Gasteiger partial charge in [-0.2, -0.15) is 0 Å². The van der Waals surface area contributed by atoms with Crippen LogP contribution < -0.4 is 5.32 Å². The van der Waals surface area contributed by atoms with E-state index >= 15 is 0 Å². The third kappa shape index (κ3) is 0.871. The van der Waals surface area contributed by atoms with Gasteiger partial charge >= 0.3 is 0 Å². The van der Waals surface area contributed by atoms with E-state index in [2.05, 4.69) is 17.1 Å². The van der Waals surface area contributed by atoms with Gasteiger partial charge in [0.25, 0.3) is 0 Å². The lowest BCUT2D eigenvalue weighted by molar-refractivity contribution is 0.252. The Bertz CT molecular complexity index is 278. The molecule has 5 unspecified atom stereocenters. The molecule has 4 nitrogen and oxygen atoms in total. The molecule has 1 N–H and O–H groups in total. The summed E-state index contributed by atoms with van der Waals surface area (Å²) in [4.78, 5) is 0. The van der Waals surface area contributed by atoms with Crippen molar-refractivity contribution in [1.29, 1.82) is 0 Å². The Labute approximate surface area is 92.0 Å². The summed E-state index contributed by atoms with van der Waals surface area (Å²) in [6, 6.07) is 0.642. The zero-order valence-electron chi connectivity index (χ0n) is 8.27. The van der Waals surface area contributed by atoms with Crippen molar-refractivity contribution >= 4 is 11.8 Å². The summed E-state index contributed by atoms with van der Waals surface area (Å²) in [6.07, 6.45) is 1.32. The maximum absolute atomic E-state index is 5.58. The van der Waals surface area contributed by atoms with Crippen LogP contribution >= 0.6 is 11.8 Å². The van der Waals surface area contributed by atoms with Crippen LogP contribution in [0.2, 0.25) is 0 Å². The molecule has 5 heteroatoms. The van der Waals surface area contributed by atoms with Gasteiger partial charge in [-0.05, 0) is 0 Å². The number of ether oxygens (including phenoxy) is 3. The van der Waals surface area contributed by atoms with Gasteiger partial charge in [0.15, 0.2) is 0 Å². The van der Waals surface area contributed by atoms with Crippen LogP contribution in [0.4, 0.5) is 0 Å². The Hall–Kier alpha value is 0.190. The minimum absolute atomic E-state index is 0.238. The van der Waals surface area contributed by atoms with Crippen LogP contribution in [0.3, 0.4) is 0 Å². The average molecular weight is 227 g/mol. The molecule has 0 aromatic carbocycles. The molecule has 0 amide bonds. The summed E-state index contributed by atoms with van der Waals surface area (Å²) in [5.74, 6) is 0. The normalized spacial score (nSPS) is 68.8. The first kappa shape index (κ1) is 8.31. The fourth-order valence-corrected chi connectivity index (χ4v) is 5.39. The van der Waals surface area contributed by atoms with Crippen LogP contribution in [-0.2, 0) is 14.2 Å². The van der Waals surface area contributed by atoms with E-state index in [-0.39, 0.29) is 9.49 Å². The summed E-state index contributed by atoms with van der Waals surface area (Å²) in [5, 5.41) is 3.47. The van der Waals surface area contributed by atoms with Crippen LogP contribution in [0.5, 0.6) is 0 Å². The predicted octanol–water partition coefficient (Wildman–Crippen LogP) is -0.621. The zero-order chi connectivity index (χ0) is 9.67. The van der Waals surface area contributed by atoms with Crippen LogP contribution in [-0.4, -0.2) is 60.2 Å². The fourth-order valence-electron chi connectivity index (χ4n) is 3.23. The highest BCUT2D eigenvalue weighted by Gasteiger charge is 2.88. The molecule has 5 aliphatic rings. The van der Waals surface area contributed by atoms with Gasteiger partial charge in [-0.25, -0.2) is 0 Å². The molecule has 5 aliphatic heterocycles. The van der Waals surface area contributed by atoms with Crippen molar-refractivity contribution in [2.24, 2.45) is 0 Å². The monoisotopic (exact) mass is 227 g/mol. The second-order valence-electron chi connectivity index (χ2n) is 5.12. The molecule has 0 aromatic rings. The van der Waals surface area contributed by atoms with Crippen molar-refractivity contribution in [1.82, 2.24) is 5.32 Å². The van der Waals surface area contributed by atoms with Crippen molar-refractivity contribution in [3.63, 3.8) is 0 Å². The van der Waals surface area contributed by atoms with Crippen LogP contribution in [0.15, 0.2) is 0 Å². The Morgan fingerprint density at radius 3 is 1.80 bits per heavy atom. The van der Waals surface area contributed by atoms with Crippen molar-refractivity contribution in [2.45, 2.75) is 33.8 Å². The van der Waals surface area contributed by atoms with Gasteiger partial charge in [-0.1, -0.05) is 0 Å². The number of hydrogen-bond donors (Lipinski definition) is 1. The molecular weight excluding hydrogens is 214 g/mol. The molecule has 0 aromatic heterocycles. The van der Waals surface area contributed by atoms with Gasteiger partial charge in [-0.15, -0.1) is 11.8 Å². The van der Waals surface area contributed by atoms with Crippen LogP contribution in [0, 0.1) is 0 Å². The molecule has 5 atom stereocenters. The second-order valence-corrected chi connectivity index (χ2v) is 6.67. The number of thioether (sulfide) groups is 1. The lowest BCUT2D eigenvalue weighted by Gasteiger charge is -2.17. The molecule has 15 heavy (non-hydrogen) atoms. The molecule has 0 bridgehead atoms. The molecule has 5 saturated heterocycles. The van der Waals surface area contributed by atoms with Gasteiger partial charge in [0.2, 0.25) is 0 Å². The molecule has 5 fully saturated rings. The van der Waals surface area contributed by atoms with Gasteiger partial charge in [0, 0.05) is 12.6 Å². The summed E-state index contributed by atoms with van der Waals surface area (Å²) in [6.45, 7) is 3.93. The molecule has 0 spiro atoms. The smallest absolute Gasteiger partial charge is 0.0997 e. The molecule has 82 valence electrons. The topological polar surface area (TPSA) is 59.5 Å². The SMILES string of the molecule is C1NC1C1(C2CO2)SC1(C1CO1)C1CO1. The number of epoxide rings is 3. The standard InChI is InChI=1S/C10H13NO3S/c1-5(11-1)9(6-2-12-6)10(15-9,7-3-13-7)8-4-14-8/h5-8,11H,1-4H2. The molecule has 5 heterocycles. The summed E-state index contributed by atoms with van der Waals surface area (Å²) < 4.78 is 17.2. The Kier molecular flexibility index (Phi) is 1.24.